The number of hydrogen-bond donors (Lipinski definition) is 1. The monoisotopic (exact) mass is 385 g/mol. The maximum Gasteiger partial charge on any atom is 0.282 e. The van der Waals surface area contributed by atoms with Crippen LogP contribution in [0.4, 0.5) is 5.69 Å². The lowest BCUT2D eigenvalue weighted by molar-refractivity contribution is -0.385. The molecule has 3 rings (SSSR count). The lowest BCUT2D eigenvalue weighted by Crippen LogP contribution is -2.35. The SMILES string of the molecule is COc1ccc([N+](=O)[O-])c(C(=O)NCc2ccc(CN3CCOCC3)cc2)c1. The van der Waals surface area contributed by atoms with Crippen LogP contribution in [0, 0.1) is 10.1 Å². The standard InChI is InChI=1S/C20H23N3O5/c1-27-17-6-7-19(23(25)26)18(12-17)20(24)21-13-15-2-4-16(5-3-15)14-22-8-10-28-11-9-22/h2-7,12H,8-11,13-14H2,1H3,(H,21,24). The molecule has 2 aromatic rings. The summed E-state index contributed by atoms with van der Waals surface area (Å²) in [4.78, 5) is 25.4. The van der Waals surface area contributed by atoms with Gasteiger partial charge < -0.3 is 14.8 Å². The number of morpholine rings is 1. The molecule has 0 aromatic heterocycles. The molecule has 1 amide bonds. The van der Waals surface area contributed by atoms with Crippen LogP contribution in [0.5, 0.6) is 5.75 Å². The van der Waals surface area contributed by atoms with Crippen molar-refractivity contribution in [2.45, 2.75) is 13.1 Å². The van der Waals surface area contributed by atoms with E-state index in [2.05, 4.69) is 10.2 Å². The predicted molar refractivity (Wildman–Crippen MR) is 103 cm³/mol. The van der Waals surface area contributed by atoms with E-state index in [9.17, 15) is 14.9 Å². The topological polar surface area (TPSA) is 93.9 Å². The number of hydrogen-bond acceptors (Lipinski definition) is 6. The van der Waals surface area contributed by atoms with E-state index in [1.807, 2.05) is 24.3 Å². The second-order valence-electron chi connectivity index (χ2n) is 6.53. The number of carbonyl (C=O) groups excluding carboxylic acids is 1. The van der Waals surface area contributed by atoms with Crippen LogP contribution in [0.15, 0.2) is 42.5 Å². The first kappa shape index (κ1) is 19.8. The van der Waals surface area contributed by atoms with Gasteiger partial charge in [0.2, 0.25) is 0 Å². The molecule has 8 heteroatoms. The van der Waals surface area contributed by atoms with Gasteiger partial charge >= 0.3 is 0 Å². The summed E-state index contributed by atoms with van der Waals surface area (Å²) in [5.41, 5.74) is 1.84. The fraction of sp³-hybridized carbons (Fsp3) is 0.350. The quantitative estimate of drug-likeness (QED) is 0.581. The van der Waals surface area contributed by atoms with E-state index in [0.717, 1.165) is 38.4 Å². The molecule has 0 radical (unpaired) electrons. The Morgan fingerprint density at radius 1 is 1.18 bits per heavy atom. The highest BCUT2D eigenvalue weighted by molar-refractivity contribution is 5.98. The zero-order valence-corrected chi connectivity index (χ0v) is 15.7. The summed E-state index contributed by atoms with van der Waals surface area (Å²) in [7, 11) is 1.45. The summed E-state index contributed by atoms with van der Waals surface area (Å²) in [5.74, 6) is -0.119. The van der Waals surface area contributed by atoms with E-state index >= 15 is 0 Å². The second kappa shape index (κ2) is 9.29. The summed E-state index contributed by atoms with van der Waals surface area (Å²) < 4.78 is 10.4. The average molecular weight is 385 g/mol. The van der Waals surface area contributed by atoms with Crippen molar-refractivity contribution in [2.75, 3.05) is 33.4 Å². The van der Waals surface area contributed by atoms with Crippen LogP contribution in [0.25, 0.3) is 0 Å². The van der Waals surface area contributed by atoms with E-state index in [1.165, 1.54) is 30.9 Å². The maximum atomic E-state index is 12.5. The summed E-state index contributed by atoms with van der Waals surface area (Å²) >= 11 is 0. The van der Waals surface area contributed by atoms with Crippen LogP contribution in [0.2, 0.25) is 0 Å². The van der Waals surface area contributed by atoms with Crippen LogP contribution in [0.1, 0.15) is 21.5 Å². The van der Waals surface area contributed by atoms with Gasteiger partial charge in [0.15, 0.2) is 0 Å². The van der Waals surface area contributed by atoms with E-state index in [1.54, 1.807) is 0 Å². The molecule has 28 heavy (non-hydrogen) atoms. The minimum absolute atomic E-state index is 0.0201. The first-order valence-electron chi connectivity index (χ1n) is 9.05. The Labute approximate surface area is 163 Å². The van der Waals surface area contributed by atoms with Crippen molar-refractivity contribution in [3.05, 3.63) is 69.3 Å². The van der Waals surface area contributed by atoms with Crippen LogP contribution >= 0.6 is 0 Å². The highest BCUT2D eigenvalue weighted by atomic mass is 16.6. The van der Waals surface area contributed by atoms with Crippen LogP contribution in [-0.4, -0.2) is 49.1 Å². The van der Waals surface area contributed by atoms with Crippen molar-refractivity contribution >= 4 is 11.6 Å². The number of nitro benzene ring substituents is 1. The van der Waals surface area contributed by atoms with Crippen LogP contribution in [0.3, 0.4) is 0 Å². The van der Waals surface area contributed by atoms with Gasteiger partial charge in [-0.15, -0.1) is 0 Å². The predicted octanol–water partition coefficient (Wildman–Crippen LogP) is 2.37. The van der Waals surface area contributed by atoms with Gasteiger partial charge in [-0.25, -0.2) is 0 Å². The van der Waals surface area contributed by atoms with Gasteiger partial charge in [0.05, 0.1) is 25.2 Å². The number of nitrogens with one attached hydrogen (secondary N) is 1. The molecule has 8 nitrogen and oxygen atoms in total. The largest absolute Gasteiger partial charge is 0.497 e. The molecule has 0 aliphatic carbocycles. The Kier molecular flexibility index (Phi) is 6.57. The van der Waals surface area contributed by atoms with Gasteiger partial charge in [-0.2, -0.15) is 0 Å². The zero-order chi connectivity index (χ0) is 19.9. The molecule has 0 spiro atoms. The van der Waals surface area contributed by atoms with Gasteiger partial charge in [0.1, 0.15) is 11.3 Å². The molecule has 1 aliphatic heterocycles. The Balaban J connectivity index is 1.60. The number of carbonyl (C=O) groups is 1. The minimum atomic E-state index is -0.575. The first-order chi connectivity index (χ1) is 13.6. The van der Waals surface area contributed by atoms with Gasteiger partial charge in [-0.1, -0.05) is 24.3 Å². The Morgan fingerprint density at radius 3 is 2.50 bits per heavy atom. The third-order valence-corrected chi connectivity index (χ3v) is 4.63. The highest BCUT2D eigenvalue weighted by Gasteiger charge is 2.21. The lowest BCUT2D eigenvalue weighted by Gasteiger charge is -2.26. The van der Waals surface area contributed by atoms with Crippen molar-refractivity contribution in [3.63, 3.8) is 0 Å². The number of amides is 1. The molecule has 1 fully saturated rings. The molecule has 1 heterocycles. The number of nitro groups is 1. The Hall–Kier alpha value is -2.97. The molecule has 0 unspecified atom stereocenters. The van der Waals surface area contributed by atoms with E-state index < -0.39 is 10.8 Å². The molecule has 148 valence electrons. The zero-order valence-electron chi connectivity index (χ0n) is 15.7. The summed E-state index contributed by atoms with van der Waals surface area (Å²) in [6.45, 7) is 4.53. The summed E-state index contributed by atoms with van der Waals surface area (Å²) in [6, 6.07) is 12.1. The van der Waals surface area contributed by atoms with Gasteiger partial charge in [-0.05, 0) is 23.3 Å². The maximum absolute atomic E-state index is 12.5. The van der Waals surface area contributed by atoms with Crippen LogP contribution < -0.4 is 10.1 Å². The molecule has 1 saturated heterocycles. The molecule has 0 atom stereocenters. The number of rotatable bonds is 7. The van der Waals surface area contributed by atoms with E-state index in [0.29, 0.717) is 5.75 Å². The normalized spacial score (nSPS) is 14.5. The van der Waals surface area contributed by atoms with Crippen molar-refractivity contribution in [1.82, 2.24) is 10.2 Å². The molecule has 1 aliphatic rings. The Bertz CT molecular complexity index is 832. The average Bonchev–Trinajstić information content (AvgIpc) is 2.73. The van der Waals surface area contributed by atoms with Gasteiger partial charge in [0.25, 0.3) is 11.6 Å². The van der Waals surface area contributed by atoms with E-state index in [-0.39, 0.29) is 17.8 Å². The highest BCUT2D eigenvalue weighted by Crippen LogP contribution is 2.24. The third kappa shape index (κ3) is 5.05. The van der Waals surface area contributed by atoms with Crippen molar-refractivity contribution in [3.8, 4) is 5.75 Å². The first-order valence-corrected chi connectivity index (χ1v) is 9.05. The molecule has 1 N–H and O–H groups in total. The fourth-order valence-corrected chi connectivity index (χ4v) is 3.04. The van der Waals surface area contributed by atoms with Crippen molar-refractivity contribution in [2.24, 2.45) is 0 Å². The van der Waals surface area contributed by atoms with E-state index in [4.69, 9.17) is 9.47 Å². The lowest BCUT2D eigenvalue weighted by atomic mass is 10.1. The third-order valence-electron chi connectivity index (χ3n) is 4.63. The molecular weight excluding hydrogens is 362 g/mol. The molecule has 2 aromatic carbocycles. The van der Waals surface area contributed by atoms with Crippen molar-refractivity contribution in [1.29, 1.82) is 0 Å². The van der Waals surface area contributed by atoms with Gasteiger partial charge in [-0.3, -0.25) is 19.8 Å². The Morgan fingerprint density at radius 2 is 1.86 bits per heavy atom. The second-order valence-corrected chi connectivity index (χ2v) is 6.53. The van der Waals surface area contributed by atoms with Crippen molar-refractivity contribution < 1.29 is 19.2 Å². The minimum Gasteiger partial charge on any atom is -0.497 e. The molecular formula is C20H23N3O5. The molecule has 0 saturated carbocycles. The fourth-order valence-electron chi connectivity index (χ4n) is 3.04. The van der Waals surface area contributed by atoms with Gasteiger partial charge in [0, 0.05) is 32.2 Å². The number of methoxy groups -OCH3 is 1. The smallest absolute Gasteiger partial charge is 0.282 e. The number of ether oxygens (including phenoxy) is 2. The summed E-state index contributed by atoms with van der Waals surface area (Å²) in [6.07, 6.45) is 0. The number of nitrogens with zero attached hydrogens (tertiary/aromatic N) is 2. The molecule has 0 bridgehead atoms. The number of benzene rings is 2. The summed E-state index contributed by atoms with van der Waals surface area (Å²) in [5, 5.41) is 13.9. The van der Waals surface area contributed by atoms with Crippen LogP contribution in [-0.2, 0) is 17.8 Å².